The number of nitrogens with two attached hydrogens (primary N) is 1. The minimum absolute atomic E-state index is 0.208. The first kappa shape index (κ1) is 18.2. The molecule has 4 aromatic rings. The number of pyridine rings is 1. The summed E-state index contributed by atoms with van der Waals surface area (Å²) in [6, 6.07) is 18.0. The smallest absolute Gasteiger partial charge is 0.267 e. The number of aromatic nitrogens is 1. The Kier molecular flexibility index (Phi) is 4.61. The van der Waals surface area contributed by atoms with Gasteiger partial charge in [-0.05, 0) is 56.2 Å². The maximum atomic E-state index is 12.8. The Hall–Kier alpha value is -3.18. The zero-order valence-electron chi connectivity index (χ0n) is 16.0. The molecule has 2 heterocycles. The molecule has 28 heavy (non-hydrogen) atoms. The van der Waals surface area contributed by atoms with Crippen LogP contribution < -0.4 is 11.1 Å². The summed E-state index contributed by atoms with van der Waals surface area (Å²) in [5, 5.41) is 3.76. The topological polar surface area (TPSA) is 68.0 Å². The average Bonchev–Trinajstić information content (AvgIpc) is 3.01. The maximum absolute atomic E-state index is 12.8. The standard InChI is InChI=1S/C23H21N3OS/c1-13-4-7-16(8-5-13)19-11-10-18-20(24)21(28-23(18)26-19)22(27)25-17-9-6-14(2)15(3)12-17/h4-12H,24H2,1-3H3,(H,25,27). The SMILES string of the molecule is Cc1ccc(-c2ccc3c(N)c(C(=O)Nc4ccc(C)c(C)c4)sc3n2)cc1. The number of nitrogens with zero attached hydrogens (tertiary/aromatic N) is 1. The van der Waals surface area contributed by atoms with Gasteiger partial charge in [0.2, 0.25) is 0 Å². The first-order chi connectivity index (χ1) is 13.4. The molecule has 0 atom stereocenters. The zero-order chi connectivity index (χ0) is 19.8. The molecular formula is C23H21N3OS. The number of hydrogen-bond acceptors (Lipinski definition) is 4. The van der Waals surface area contributed by atoms with Crippen LogP contribution in [0.5, 0.6) is 0 Å². The molecule has 0 aliphatic heterocycles. The highest BCUT2D eigenvalue weighted by molar-refractivity contribution is 7.21. The van der Waals surface area contributed by atoms with Gasteiger partial charge in [0.15, 0.2) is 0 Å². The second kappa shape index (κ2) is 7.09. The number of carbonyl (C=O) groups is 1. The molecule has 0 unspecified atom stereocenters. The van der Waals surface area contributed by atoms with E-state index >= 15 is 0 Å². The summed E-state index contributed by atoms with van der Waals surface area (Å²) in [6.45, 7) is 6.12. The third-order valence-electron chi connectivity index (χ3n) is 4.91. The predicted molar refractivity (Wildman–Crippen MR) is 118 cm³/mol. The van der Waals surface area contributed by atoms with E-state index < -0.39 is 0 Å². The Bertz CT molecular complexity index is 1190. The van der Waals surface area contributed by atoms with E-state index in [1.165, 1.54) is 22.5 Å². The summed E-state index contributed by atoms with van der Waals surface area (Å²) in [4.78, 5) is 18.8. The largest absolute Gasteiger partial charge is 0.397 e. The number of nitrogens with one attached hydrogen (secondary N) is 1. The van der Waals surface area contributed by atoms with Crippen molar-refractivity contribution >= 4 is 38.8 Å². The maximum Gasteiger partial charge on any atom is 0.267 e. The van der Waals surface area contributed by atoms with E-state index in [0.29, 0.717) is 10.6 Å². The number of thiophene rings is 1. The lowest BCUT2D eigenvalue weighted by Crippen LogP contribution is -2.12. The highest BCUT2D eigenvalue weighted by atomic mass is 32.1. The molecule has 4 rings (SSSR count). The Labute approximate surface area is 168 Å². The van der Waals surface area contributed by atoms with Gasteiger partial charge in [0, 0.05) is 16.6 Å². The number of amides is 1. The van der Waals surface area contributed by atoms with E-state index in [2.05, 4.69) is 24.4 Å². The summed E-state index contributed by atoms with van der Waals surface area (Å²) in [5.74, 6) is -0.208. The number of hydrogen-bond donors (Lipinski definition) is 2. The third kappa shape index (κ3) is 3.37. The van der Waals surface area contributed by atoms with Gasteiger partial charge in [0.05, 0.1) is 11.4 Å². The molecule has 0 saturated heterocycles. The van der Waals surface area contributed by atoms with Gasteiger partial charge in [-0.25, -0.2) is 4.98 Å². The van der Waals surface area contributed by atoms with Crippen LogP contribution in [0.15, 0.2) is 54.6 Å². The van der Waals surface area contributed by atoms with E-state index in [4.69, 9.17) is 10.7 Å². The van der Waals surface area contributed by atoms with Crippen molar-refractivity contribution in [1.82, 2.24) is 4.98 Å². The fraction of sp³-hybridized carbons (Fsp3) is 0.130. The van der Waals surface area contributed by atoms with Gasteiger partial charge in [-0.1, -0.05) is 35.9 Å². The van der Waals surface area contributed by atoms with Gasteiger partial charge < -0.3 is 11.1 Å². The average molecular weight is 388 g/mol. The molecule has 0 bridgehead atoms. The second-order valence-corrected chi connectivity index (χ2v) is 8.01. The Balaban J connectivity index is 1.67. The number of fused-ring (bicyclic) bond motifs is 1. The highest BCUT2D eigenvalue weighted by Crippen LogP contribution is 2.34. The predicted octanol–water partition coefficient (Wildman–Crippen LogP) is 5.72. The fourth-order valence-electron chi connectivity index (χ4n) is 3.06. The summed E-state index contributed by atoms with van der Waals surface area (Å²) >= 11 is 1.32. The number of benzene rings is 2. The van der Waals surface area contributed by atoms with Crippen molar-refractivity contribution in [3.05, 3.63) is 76.2 Å². The van der Waals surface area contributed by atoms with Crippen molar-refractivity contribution in [1.29, 1.82) is 0 Å². The Morgan fingerprint density at radius 1 is 0.964 bits per heavy atom. The van der Waals surface area contributed by atoms with E-state index in [1.54, 1.807) is 0 Å². The minimum Gasteiger partial charge on any atom is -0.397 e. The van der Waals surface area contributed by atoms with Crippen LogP contribution >= 0.6 is 11.3 Å². The Morgan fingerprint density at radius 3 is 2.43 bits per heavy atom. The van der Waals surface area contributed by atoms with Gasteiger partial charge in [0.1, 0.15) is 9.71 Å². The molecular weight excluding hydrogens is 366 g/mol. The van der Waals surface area contributed by atoms with Crippen LogP contribution in [0.2, 0.25) is 0 Å². The summed E-state index contributed by atoms with van der Waals surface area (Å²) < 4.78 is 0. The van der Waals surface area contributed by atoms with E-state index in [-0.39, 0.29) is 5.91 Å². The van der Waals surface area contributed by atoms with Crippen molar-refractivity contribution in [2.45, 2.75) is 20.8 Å². The molecule has 4 nitrogen and oxygen atoms in total. The molecule has 0 fully saturated rings. The molecule has 0 radical (unpaired) electrons. The summed E-state index contributed by atoms with van der Waals surface area (Å²) in [7, 11) is 0. The molecule has 0 saturated carbocycles. The normalized spacial score (nSPS) is 11.0. The molecule has 0 aliphatic carbocycles. The van der Waals surface area contributed by atoms with Crippen molar-refractivity contribution in [3.63, 3.8) is 0 Å². The third-order valence-corrected chi connectivity index (χ3v) is 6.03. The van der Waals surface area contributed by atoms with Crippen molar-refractivity contribution < 1.29 is 4.79 Å². The van der Waals surface area contributed by atoms with E-state index in [0.717, 1.165) is 32.7 Å². The molecule has 2 aromatic carbocycles. The van der Waals surface area contributed by atoms with Crippen LogP contribution in [0, 0.1) is 20.8 Å². The van der Waals surface area contributed by atoms with Gasteiger partial charge in [-0.2, -0.15) is 0 Å². The Morgan fingerprint density at radius 2 is 1.71 bits per heavy atom. The zero-order valence-corrected chi connectivity index (χ0v) is 16.9. The van der Waals surface area contributed by atoms with Crippen molar-refractivity contribution in [2.75, 3.05) is 11.1 Å². The molecule has 1 amide bonds. The van der Waals surface area contributed by atoms with Gasteiger partial charge in [0.25, 0.3) is 5.91 Å². The van der Waals surface area contributed by atoms with Crippen LogP contribution in [-0.2, 0) is 0 Å². The molecule has 2 aromatic heterocycles. The van der Waals surface area contributed by atoms with Crippen LogP contribution in [0.1, 0.15) is 26.4 Å². The second-order valence-electron chi connectivity index (χ2n) is 7.01. The highest BCUT2D eigenvalue weighted by Gasteiger charge is 2.18. The molecule has 0 spiro atoms. The van der Waals surface area contributed by atoms with Crippen LogP contribution in [0.25, 0.3) is 21.5 Å². The number of rotatable bonds is 3. The minimum atomic E-state index is -0.208. The van der Waals surface area contributed by atoms with Crippen LogP contribution in [0.3, 0.4) is 0 Å². The van der Waals surface area contributed by atoms with Crippen LogP contribution in [-0.4, -0.2) is 10.9 Å². The van der Waals surface area contributed by atoms with Crippen LogP contribution in [0.4, 0.5) is 11.4 Å². The van der Waals surface area contributed by atoms with Gasteiger partial charge >= 0.3 is 0 Å². The number of carbonyl (C=O) groups excluding carboxylic acids is 1. The lowest BCUT2D eigenvalue weighted by atomic mass is 10.1. The number of anilines is 2. The van der Waals surface area contributed by atoms with E-state index in [9.17, 15) is 4.79 Å². The summed E-state index contributed by atoms with van der Waals surface area (Å²) in [5.41, 5.74) is 12.9. The van der Waals surface area contributed by atoms with Crippen molar-refractivity contribution in [2.24, 2.45) is 0 Å². The molecule has 5 heteroatoms. The lowest BCUT2D eigenvalue weighted by molar-refractivity contribution is 0.103. The molecule has 140 valence electrons. The first-order valence-corrected chi connectivity index (χ1v) is 9.88. The first-order valence-electron chi connectivity index (χ1n) is 9.07. The van der Waals surface area contributed by atoms with E-state index in [1.807, 2.05) is 56.3 Å². The molecule has 0 aliphatic rings. The number of nitrogen functional groups attached to an aromatic ring is 1. The van der Waals surface area contributed by atoms with Gasteiger partial charge in [-0.15, -0.1) is 11.3 Å². The summed E-state index contributed by atoms with van der Waals surface area (Å²) in [6.07, 6.45) is 0. The lowest BCUT2D eigenvalue weighted by Gasteiger charge is -2.07. The fourth-order valence-corrected chi connectivity index (χ4v) is 4.05. The molecule has 3 N–H and O–H groups in total. The van der Waals surface area contributed by atoms with Gasteiger partial charge in [-0.3, -0.25) is 4.79 Å². The van der Waals surface area contributed by atoms with Crippen molar-refractivity contribution in [3.8, 4) is 11.3 Å². The number of aryl methyl sites for hydroxylation is 3. The monoisotopic (exact) mass is 387 g/mol. The quantitative estimate of drug-likeness (QED) is 0.472.